The van der Waals surface area contributed by atoms with Crippen LogP contribution in [0.3, 0.4) is 0 Å². The summed E-state index contributed by atoms with van der Waals surface area (Å²) in [6.07, 6.45) is 4.04. The van der Waals surface area contributed by atoms with Crippen molar-refractivity contribution in [2.45, 2.75) is 19.9 Å². The number of rotatable bonds is 5. The number of nitrogens with zero attached hydrogens (tertiary/aromatic N) is 3. The van der Waals surface area contributed by atoms with E-state index in [0.29, 0.717) is 12.2 Å². The van der Waals surface area contributed by atoms with E-state index in [0.717, 1.165) is 13.1 Å². The van der Waals surface area contributed by atoms with Crippen LogP contribution in [0, 0.1) is 0 Å². The van der Waals surface area contributed by atoms with Gasteiger partial charge in [0.25, 0.3) is 0 Å². The van der Waals surface area contributed by atoms with E-state index in [1.54, 1.807) is 6.20 Å². The molecule has 0 N–H and O–H groups in total. The fourth-order valence-corrected chi connectivity index (χ4v) is 1.25. The van der Waals surface area contributed by atoms with Gasteiger partial charge >= 0.3 is 0 Å². The fourth-order valence-electron chi connectivity index (χ4n) is 1.25. The first-order chi connectivity index (χ1) is 6.65. The molecule has 0 fully saturated rings. The maximum Gasteiger partial charge on any atom is 0.199 e. The summed E-state index contributed by atoms with van der Waals surface area (Å²) in [6.45, 7) is 3.57. The van der Waals surface area contributed by atoms with Crippen molar-refractivity contribution in [2.24, 2.45) is 0 Å². The Hall–Kier alpha value is -1.16. The molecule has 0 saturated carbocycles. The van der Waals surface area contributed by atoms with Gasteiger partial charge in [-0.1, -0.05) is 0 Å². The second kappa shape index (κ2) is 4.91. The van der Waals surface area contributed by atoms with Crippen LogP contribution in [0.1, 0.15) is 24.0 Å². The number of aryl methyl sites for hydroxylation is 1. The Morgan fingerprint density at radius 1 is 1.57 bits per heavy atom. The first-order valence-electron chi connectivity index (χ1n) is 4.84. The van der Waals surface area contributed by atoms with E-state index in [1.165, 1.54) is 0 Å². The van der Waals surface area contributed by atoms with Crippen LogP contribution < -0.4 is 0 Å². The highest BCUT2D eigenvalue weighted by Crippen LogP contribution is 2.02. The Bertz CT molecular complexity index is 304. The number of imidazole rings is 1. The first-order valence-corrected chi connectivity index (χ1v) is 4.84. The predicted molar refractivity (Wildman–Crippen MR) is 55.4 cm³/mol. The van der Waals surface area contributed by atoms with E-state index in [2.05, 4.69) is 4.98 Å². The van der Waals surface area contributed by atoms with Crippen molar-refractivity contribution in [1.82, 2.24) is 14.5 Å². The van der Waals surface area contributed by atoms with E-state index >= 15 is 0 Å². The van der Waals surface area contributed by atoms with Gasteiger partial charge in [-0.2, -0.15) is 0 Å². The summed E-state index contributed by atoms with van der Waals surface area (Å²) in [5.41, 5.74) is 0. The lowest BCUT2D eigenvalue weighted by Gasteiger charge is -2.08. The van der Waals surface area contributed by atoms with E-state index in [-0.39, 0.29) is 5.78 Å². The monoisotopic (exact) mass is 195 g/mol. The van der Waals surface area contributed by atoms with E-state index < -0.39 is 0 Å². The maximum absolute atomic E-state index is 11.7. The second-order valence-corrected chi connectivity index (χ2v) is 3.51. The molecule has 0 bridgehead atoms. The van der Waals surface area contributed by atoms with Crippen molar-refractivity contribution in [2.75, 3.05) is 20.6 Å². The summed E-state index contributed by atoms with van der Waals surface area (Å²) in [4.78, 5) is 17.7. The number of aromatic nitrogens is 2. The maximum atomic E-state index is 11.7. The number of Topliss-reactive ketones (excluding diaryl/α,β-unsaturated/α-hetero) is 1. The second-order valence-electron chi connectivity index (χ2n) is 3.51. The molecule has 0 spiro atoms. The van der Waals surface area contributed by atoms with Crippen LogP contribution in [0.15, 0.2) is 12.4 Å². The highest BCUT2D eigenvalue weighted by molar-refractivity contribution is 5.92. The molecule has 0 radical (unpaired) electrons. The largest absolute Gasteiger partial charge is 0.329 e. The van der Waals surface area contributed by atoms with Gasteiger partial charge in [0.15, 0.2) is 11.6 Å². The first kappa shape index (κ1) is 10.9. The standard InChI is InChI=1S/C10H17N3O/c1-4-13-8-6-11-10(13)9(14)5-7-12(2)3/h6,8H,4-5,7H2,1-3H3. The summed E-state index contributed by atoms with van der Waals surface area (Å²) in [6, 6.07) is 0. The predicted octanol–water partition coefficient (Wildman–Crippen LogP) is 1.04. The number of carbonyl (C=O) groups is 1. The van der Waals surface area contributed by atoms with E-state index in [1.807, 2.05) is 36.7 Å². The average molecular weight is 195 g/mol. The van der Waals surface area contributed by atoms with Crippen LogP contribution in [0.25, 0.3) is 0 Å². The Kier molecular flexibility index (Phi) is 3.83. The molecule has 4 nitrogen and oxygen atoms in total. The lowest BCUT2D eigenvalue weighted by atomic mass is 10.2. The lowest BCUT2D eigenvalue weighted by Crippen LogP contribution is -2.18. The third-order valence-electron chi connectivity index (χ3n) is 2.09. The minimum atomic E-state index is 0.116. The van der Waals surface area contributed by atoms with Crippen LogP contribution in [0.4, 0.5) is 0 Å². The summed E-state index contributed by atoms with van der Waals surface area (Å²) >= 11 is 0. The van der Waals surface area contributed by atoms with Gasteiger partial charge in [0, 0.05) is 31.9 Å². The molecule has 0 unspecified atom stereocenters. The molecule has 0 aliphatic carbocycles. The Morgan fingerprint density at radius 2 is 2.29 bits per heavy atom. The summed E-state index contributed by atoms with van der Waals surface area (Å²) in [7, 11) is 3.92. The number of hydrogen-bond acceptors (Lipinski definition) is 3. The SMILES string of the molecule is CCn1ccnc1C(=O)CCN(C)C. The molecule has 1 heterocycles. The molecule has 0 aliphatic rings. The zero-order valence-corrected chi connectivity index (χ0v) is 9.03. The molecule has 0 saturated heterocycles. The zero-order valence-electron chi connectivity index (χ0n) is 9.03. The van der Waals surface area contributed by atoms with Gasteiger partial charge < -0.3 is 9.47 Å². The van der Waals surface area contributed by atoms with Crippen molar-refractivity contribution >= 4 is 5.78 Å². The van der Waals surface area contributed by atoms with Gasteiger partial charge in [0.1, 0.15) is 0 Å². The highest BCUT2D eigenvalue weighted by atomic mass is 16.1. The van der Waals surface area contributed by atoms with Crippen LogP contribution in [-0.4, -0.2) is 40.9 Å². The molecule has 0 aromatic carbocycles. The van der Waals surface area contributed by atoms with Crippen molar-refractivity contribution in [3.8, 4) is 0 Å². The molecule has 0 atom stereocenters. The summed E-state index contributed by atoms with van der Waals surface area (Å²) in [5.74, 6) is 0.694. The molecular formula is C10H17N3O. The van der Waals surface area contributed by atoms with Gasteiger partial charge in [-0.15, -0.1) is 0 Å². The van der Waals surface area contributed by atoms with Crippen molar-refractivity contribution < 1.29 is 4.79 Å². The molecule has 4 heteroatoms. The molecule has 1 aromatic heterocycles. The lowest BCUT2D eigenvalue weighted by molar-refractivity contribution is 0.0958. The Balaban J connectivity index is 2.60. The Morgan fingerprint density at radius 3 is 2.86 bits per heavy atom. The van der Waals surface area contributed by atoms with Crippen LogP contribution in [0.5, 0.6) is 0 Å². The minimum Gasteiger partial charge on any atom is -0.329 e. The summed E-state index contributed by atoms with van der Waals surface area (Å²) < 4.78 is 1.87. The molecule has 1 rings (SSSR count). The summed E-state index contributed by atoms with van der Waals surface area (Å²) in [5, 5.41) is 0. The van der Waals surface area contributed by atoms with Gasteiger partial charge in [-0.05, 0) is 21.0 Å². The normalized spacial score (nSPS) is 10.9. The van der Waals surface area contributed by atoms with E-state index in [9.17, 15) is 4.79 Å². The minimum absolute atomic E-state index is 0.116. The van der Waals surface area contributed by atoms with Gasteiger partial charge in [0.2, 0.25) is 0 Å². The topological polar surface area (TPSA) is 38.1 Å². The molecule has 14 heavy (non-hydrogen) atoms. The molecule has 1 aromatic rings. The van der Waals surface area contributed by atoms with Crippen LogP contribution >= 0.6 is 0 Å². The quantitative estimate of drug-likeness (QED) is 0.659. The number of hydrogen-bond donors (Lipinski definition) is 0. The van der Waals surface area contributed by atoms with E-state index in [4.69, 9.17) is 0 Å². The smallest absolute Gasteiger partial charge is 0.199 e. The van der Waals surface area contributed by atoms with Crippen molar-refractivity contribution in [3.63, 3.8) is 0 Å². The third kappa shape index (κ3) is 2.67. The molecule has 0 aliphatic heterocycles. The number of carbonyl (C=O) groups excluding carboxylic acids is 1. The van der Waals surface area contributed by atoms with Crippen molar-refractivity contribution in [3.05, 3.63) is 18.2 Å². The molecule has 78 valence electrons. The Labute approximate surface area is 84.5 Å². The number of ketones is 1. The van der Waals surface area contributed by atoms with Crippen LogP contribution in [0.2, 0.25) is 0 Å². The van der Waals surface area contributed by atoms with Gasteiger partial charge in [-0.25, -0.2) is 4.98 Å². The van der Waals surface area contributed by atoms with Crippen LogP contribution in [-0.2, 0) is 6.54 Å². The third-order valence-corrected chi connectivity index (χ3v) is 2.09. The fraction of sp³-hybridized carbons (Fsp3) is 0.600. The van der Waals surface area contributed by atoms with Gasteiger partial charge in [-0.3, -0.25) is 4.79 Å². The van der Waals surface area contributed by atoms with Gasteiger partial charge in [0.05, 0.1) is 0 Å². The molecule has 0 amide bonds. The average Bonchev–Trinajstić information content (AvgIpc) is 2.61. The molecular weight excluding hydrogens is 178 g/mol. The van der Waals surface area contributed by atoms with Crippen molar-refractivity contribution in [1.29, 1.82) is 0 Å². The zero-order chi connectivity index (χ0) is 10.6. The highest BCUT2D eigenvalue weighted by Gasteiger charge is 2.11.